The van der Waals surface area contributed by atoms with Gasteiger partial charge >= 0.3 is 0 Å². The number of thiocarbonyl (C=S) groups is 1. The van der Waals surface area contributed by atoms with Crippen molar-refractivity contribution in [3.05, 3.63) is 52.5 Å². The zero-order chi connectivity index (χ0) is 13.2. The maximum Gasteiger partial charge on any atom is 0.187 e. The van der Waals surface area contributed by atoms with Crippen LogP contribution in [0.15, 0.2) is 47.1 Å². The summed E-state index contributed by atoms with van der Waals surface area (Å²) in [6.07, 6.45) is 4.36. The second kappa shape index (κ2) is 5.07. The second-order valence-electron chi connectivity index (χ2n) is 4.21. The molecule has 6 heteroatoms. The van der Waals surface area contributed by atoms with E-state index in [0.29, 0.717) is 5.11 Å². The first-order valence-electron chi connectivity index (χ1n) is 5.85. The fraction of sp³-hybridized carbons (Fsp3) is 0.154. The lowest BCUT2D eigenvalue weighted by Gasteiger charge is -2.21. The van der Waals surface area contributed by atoms with Crippen LogP contribution in [0.4, 0.5) is 0 Å². The van der Waals surface area contributed by atoms with Crippen molar-refractivity contribution in [3.63, 3.8) is 0 Å². The summed E-state index contributed by atoms with van der Waals surface area (Å²) in [5.41, 5.74) is 7.93. The highest BCUT2D eigenvalue weighted by Crippen LogP contribution is 2.33. The molecule has 3 heterocycles. The molecular formula is C13H12N4S2. The predicted octanol–water partition coefficient (Wildman–Crippen LogP) is 2.54. The van der Waals surface area contributed by atoms with E-state index in [0.717, 1.165) is 22.6 Å². The van der Waals surface area contributed by atoms with Crippen LogP contribution in [-0.4, -0.2) is 20.8 Å². The van der Waals surface area contributed by atoms with Crippen LogP contribution in [0, 0.1) is 0 Å². The molecule has 96 valence electrons. The van der Waals surface area contributed by atoms with Crippen molar-refractivity contribution >= 4 is 34.4 Å². The number of hydrazone groups is 1. The van der Waals surface area contributed by atoms with Gasteiger partial charge in [0.25, 0.3) is 0 Å². The summed E-state index contributed by atoms with van der Waals surface area (Å²) >= 11 is 6.78. The molecular weight excluding hydrogens is 276 g/mol. The van der Waals surface area contributed by atoms with Gasteiger partial charge in [0.05, 0.1) is 16.6 Å². The maximum atomic E-state index is 5.78. The van der Waals surface area contributed by atoms with Gasteiger partial charge in [0, 0.05) is 18.8 Å². The summed E-state index contributed by atoms with van der Waals surface area (Å²) in [5, 5.41) is 8.63. The average molecular weight is 288 g/mol. The molecule has 2 aromatic heterocycles. The minimum absolute atomic E-state index is 0.0672. The van der Waals surface area contributed by atoms with Gasteiger partial charge in [-0.2, -0.15) is 5.10 Å². The summed E-state index contributed by atoms with van der Waals surface area (Å²) < 4.78 is 0. The van der Waals surface area contributed by atoms with Crippen LogP contribution in [0.3, 0.4) is 0 Å². The molecule has 0 fully saturated rings. The van der Waals surface area contributed by atoms with Gasteiger partial charge in [0.1, 0.15) is 0 Å². The number of aromatic nitrogens is 1. The molecule has 2 N–H and O–H groups in total. The largest absolute Gasteiger partial charge is 0.375 e. The van der Waals surface area contributed by atoms with E-state index in [-0.39, 0.29) is 6.04 Å². The van der Waals surface area contributed by atoms with E-state index in [9.17, 15) is 0 Å². The van der Waals surface area contributed by atoms with E-state index in [1.807, 2.05) is 23.6 Å². The number of thiophene rings is 1. The Morgan fingerprint density at radius 3 is 2.79 bits per heavy atom. The van der Waals surface area contributed by atoms with Crippen molar-refractivity contribution in [1.82, 2.24) is 9.99 Å². The highest BCUT2D eigenvalue weighted by Gasteiger charge is 2.30. The molecule has 2 aromatic rings. The van der Waals surface area contributed by atoms with Gasteiger partial charge in [0.15, 0.2) is 5.11 Å². The normalized spacial score (nSPS) is 18.4. The topological polar surface area (TPSA) is 54.5 Å². The van der Waals surface area contributed by atoms with Crippen LogP contribution in [0.25, 0.3) is 0 Å². The number of nitrogens with zero attached hydrogens (tertiary/aromatic N) is 3. The zero-order valence-electron chi connectivity index (χ0n) is 10.1. The lowest BCUT2D eigenvalue weighted by Crippen LogP contribution is -2.31. The fourth-order valence-electron chi connectivity index (χ4n) is 2.15. The van der Waals surface area contributed by atoms with E-state index in [1.165, 1.54) is 0 Å². The molecule has 0 spiro atoms. The Bertz CT molecular complexity index is 607. The Labute approximate surface area is 120 Å². The summed E-state index contributed by atoms with van der Waals surface area (Å²) in [6, 6.07) is 8.10. The van der Waals surface area contributed by atoms with E-state index in [4.69, 9.17) is 18.0 Å². The standard InChI is InChI=1S/C13H12N4S2/c14-13(18)17-11(9-3-5-15-6-4-9)8-10(16-17)12-2-1-7-19-12/h1-7,11H,8H2,(H2,14,18)/t11-/m0/s1. The maximum absolute atomic E-state index is 5.78. The van der Waals surface area contributed by atoms with Gasteiger partial charge in [-0.3, -0.25) is 4.98 Å². The van der Waals surface area contributed by atoms with Gasteiger partial charge in [-0.05, 0) is 41.4 Å². The van der Waals surface area contributed by atoms with Crippen molar-refractivity contribution in [1.29, 1.82) is 0 Å². The molecule has 0 bridgehead atoms. The van der Waals surface area contributed by atoms with Gasteiger partial charge in [-0.25, -0.2) is 5.01 Å². The van der Waals surface area contributed by atoms with E-state index in [1.54, 1.807) is 28.7 Å². The van der Waals surface area contributed by atoms with Crippen molar-refractivity contribution in [2.45, 2.75) is 12.5 Å². The zero-order valence-corrected chi connectivity index (χ0v) is 11.7. The fourth-order valence-corrected chi connectivity index (χ4v) is 3.04. The molecule has 0 saturated carbocycles. The highest BCUT2D eigenvalue weighted by atomic mass is 32.1. The molecule has 0 aliphatic carbocycles. The van der Waals surface area contributed by atoms with E-state index in [2.05, 4.69) is 16.2 Å². The van der Waals surface area contributed by atoms with Crippen molar-refractivity contribution in [2.75, 3.05) is 0 Å². The van der Waals surface area contributed by atoms with E-state index >= 15 is 0 Å². The van der Waals surface area contributed by atoms with Crippen molar-refractivity contribution < 1.29 is 0 Å². The molecule has 1 aliphatic heterocycles. The number of rotatable bonds is 2. The van der Waals surface area contributed by atoms with Crippen molar-refractivity contribution in [3.8, 4) is 0 Å². The SMILES string of the molecule is NC(=S)N1N=C(c2cccs2)C[C@H]1c1ccncc1. The monoisotopic (exact) mass is 288 g/mol. The van der Waals surface area contributed by atoms with Crippen LogP contribution in [0.5, 0.6) is 0 Å². The summed E-state index contributed by atoms with van der Waals surface area (Å²) in [5.74, 6) is 0. The third kappa shape index (κ3) is 2.36. The highest BCUT2D eigenvalue weighted by molar-refractivity contribution is 7.80. The molecule has 19 heavy (non-hydrogen) atoms. The minimum Gasteiger partial charge on any atom is -0.375 e. The molecule has 4 nitrogen and oxygen atoms in total. The Hall–Kier alpha value is -1.79. The summed E-state index contributed by atoms with van der Waals surface area (Å²) in [6.45, 7) is 0. The van der Waals surface area contributed by atoms with Gasteiger partial charge in [-0.1, -0.05) is 6.07 Å². The summed E-state index contributed by atoms with van der Waals surface area (Å²) in [7, 11) is 0. The summed E-state index contributed by atoms with van der Waals surface area (Å²) in [4.78, 5) is 5.20. The van der Waals surface area contributed by atoms with Crippen molar-refractivity contribution in [2.24, 2.45) is 10.8 Å². The first-order valence-corrected chi connectivity index (χ1v) is 7.14. The Morgan fingerprint density at radius 2 is 2.16 bits per heavy atom. The molecule has 0 amide bonds. The predicted molar refractivity (Wildman–Crippen MR) is 81.1 cm³/mol. The van der Waals surface area contributed by atoms with Gasteiger partial charge in [0.2, 0.25) is 0 Å². The smallest absolute Gasteiger partial charge is 0.187 e. The van der Waals surface area contributed by atoms with Gasteiger partial charge < -0.3 is 5.73 Å². The molecule has 0 unspecified atom stereocenters. The molecule has 0 aromatic carbocycles. The number of hydrogen-bond donors (Lipinski definition) is 1. The molecule has 1 atom stereocenters. The van der Waals surface area contributed by atoms with Crippen LogP contribution < -0.4 is 5.73 Å². The number of pyridine rings is 1. The quantitative estimate of drug-likeness (QED) is 0.863. The lowest BCUT2D eigenvalue weighted by atomic mass is 10.0. The lowest BCUT2D eigenvalue weighted by molar-refractivity contribution is 0.372. The van der Waals surface area contributed by atoms with Crippen LogP contribution in [-0.2, 0) is 0 Å². The number of hydrogen-bond acceptors (Lipinski definition) is 4. The second-order valence-corrected chi connectivity index (χ2v) is 5.57. The Balaban J connectivity index is 1.94. The third-order valence-electron chi connectivity index (χ3n) is 3.03. The number of nitrogens with two attached hydrogens (primary N) is 1. The molecule has 0 radical (unpaired) electrons. The van der Waals surface area contributed by atoms with Crippen LogP contribution >= 0.6 is 23.6 Å². The average Bonchev–Trinajstić information content (AvgIpc) is 3.08. The first kappa shape index (κ1) is 12.3. The Morgan fingerprint density at radius 1 is 1.37 bits per heavy atom. The molecule has 0 saturated heterocycles. The van der Waals surface area contributed by atoms with Crippen LogP contribution in [0.1, 0.15) is 22.9 Å². The van der Waals surface area contributed by atoms with Gasteiger partial charge in [-0.15, -0.1) is 11.3 Å². The molecule has 3 rings (SSSR count). The third-order valence-corrected chi connectivity index (χ3v) is 4.14. The Kier molecular flexibility index (Phi) is 3.27. The van der Waals surface area contributed by atoms with E-state index < -0.39 is 0 Å². The van der Waals surface area contributed by atoms with Crippen LogP contribution in [0.2, 0.25) is 0 Å². The minimum atomic E-state index is 0.0672. The first-order chi connectivity index (χ1) is 9.25. The molecule has 1 aliphatic rings.